The second kappa shape index (κ2) is 7.38. The highest BCUT2D eigenvalue weighted by molar-refractivity contribution is 6.66. The smallest absolute Gasteiger partial charge is 0.335 e. The standard InChI is InChI=1S/C17H25NO4Si/c1-13(2)23(21,22)12-8-4-3-7-11-18-16(19)14-9-5-6-10-15(14)17(18)20/h5-6,9-10,13,21-22H,3-4,7-8,11-12H2,1-2H3. The van der Waals surface area contributed by atoms with Crippen molar-refractivity contribution >= 4 is 20.4 Å². The van der Waals surface area contributed by atoms with Crippen LogP contribution in [-0.2, 0) is 0 Å². The van der Waals surface area contributed by atoms with Crippen LogP contribution in [0.2, 0.25) is 11.6 Å². The molecule has 1 aliphatic rings. The molecule has 0 saturated carbocycles. The quantitative estimate of drug-likeness (QED) is 0.435. The number of amides is 2. The van der Waals surface area contributed by atoms with Crippen LogP contribution in [0.4, 0.5) is 0 Å². The molecule has 0 atom stereocenters. The van der Waals surface area contributed by atoms with Crippen LogP contribution in [0.25, 0.3) is 0 Å². The van der Waals surface area contributed by atoms with Crippen LogP contribution >= 0.6 is 0 Å². The molecule has 0 saturated heterocycles. The van der Waals surface area contributed by atoms with Crippen LogP contribution in [0.15, 0.2) is 24.3 Å². The lowest BCUT2D eigenvalue weighted by molar-refractivity contribution is 0.0651. The number of carbonyl (C=O) groups is 2. The van der Waals surface area contributed by atoms with Crippen molar-refractivity contribution in [2.75, 3.05) is 6.54 Å². The van der Waals surface area contributed by atoms with E-state index in [0.29, 0.717) is 23.7 Å². The molecule has 0 aliphatic carbocycles. The largest absolute Gasteiger partial charge is 0.410 e. The minimum Gasteiger partial charge on any atom is -0.410 e. The fourth-order valence-corrected chi connectivity index (χ4v) is 4.09. The first kappa shape index (κ1) is 17.8. The number of fused-ring (bicyclic) bond motifs is 1. The number of nitrogens with zero attached hydrogens (tertiary/aromatic N) is 1. The Morgan fingerprint density at radius 3 is 2.00 bits per heavy atom. The van der Waals surface area contributed by atoms with Gasteiger partial charge in [0, 0.05) is 6.54 Å². The van der Waals surface area contributed by atoms with Crippen LogP contribution in [-0.4, -0.2) is 41.4 Å². The molecule has 0 spiro atoms. The summed E-state index contributed by atoms with van der Waals surface area (Å²) in [5.74, 6) is -0.412. The summed E-state index contributed by atoms with van der Waals surface area (Å²) in [5.41, 5.74) is 0.928. The molecule has 2 rings (SSSR count). The molecule has 0 fully saturated rings. The minimum absolute atomic E-state index is 0.0548. The van der Waals surface area contributed by atoms with Crippen molar-refractivity contribution in [1.29, 1.82) is 0 Å². The number of carbonyl (C=O) groups excluding carboxylic acids is 2. The molecule has 0 unspecified atom stereocenters. The average Bonchev–Trinajstić information content (AvgIpc) is 2.75. The van der Waals surface area contributed by atoms with Gasteiger partial charge in [0.2, 0.25) is 0 Å². The predicted molar refractivity (Wildman–Crippen MR) is 90.4 cm³/mol. The third-order valence-electron chi connectivity index (χ3n) is 4.48. The molecule has 0 radical (unpaired) electrons. The molecule has 0 bridgehead atoms. The summed E-state index contributed by atoms with van der Waals surface area (Å²) in [6.45, 7) is 4.11. The molecule has 1 aromatic carbocycles. The summed E-state index contributed by atoms with van der Waals surface area (Å²) >= 11 is 0. The van der Waals surface area contributed by atoms with Crippen LogP contribution in [0, 0.1) is 0 Å². The van der Waals surface area contributed by atoms with Crippen molar-refractivity contribution in [3.8, 4) is 0 Å². The van der Waals surface area contributed by atoms with E-state index in [-0.39, 0.29) is 17.4 Å². The van der Waals surface area contributed by atoms with E-state index in [0.717, 1.165) is 25.7 Å². The lowest BCUT2D eigenvalue weighted by Crippen LogP contribution is -2.37. The van der Waals surface area contributed by atoms with Gasteiger partial charge in [0.15, 0.2) is 0 Å². The first-order valence-electron chi connectivity index (χ1n) is 8.24. The van der Waals surface area contributed by atoms with Crippen molar-refractivity contribution < 1.29 is 19.2 Å². The first-order valence-corrected chi connectivity index (χ1v) is 10.4. The monoisotopic (exact) mass is 335 g/mol. The summed E-state index contributed by atoms with van der Waals surface area (Å²) in [6.07, 6.45) is 3.28. The van der Waals surface area contributed by atoms with E-state index in [4.69, 9.17) is 0 Å². The van der Waals surface area contributed by atoms with Gasteiger partial charge in [-0.1, -0.05) is 45.2 Å². The van der Waals surface area contributed by atoms with E-state index < -0.39 is 8.56 Å². The van der Waals surface area contributed by atoms with Gasteiger partial charge in [-0.05, 0) is 30.1 Å². The molecule has 1 heterocycles. The van der Waals surface area contributed by atoms with Crippen molar-refractivity contribution in [3.05, 3.63) is 35.4 Å². The topological polar surface area (TPSA) is 77.8 Å². The second-order valence-corrected chi connectivity index (χ2v) is 9.92. The van der Waals surface area contributed by atoms with Gasteiger partial charge in [0.1, 0.15) is 0 Å². The summed E-state index contributed by atoms with van der Waals surface area (Å²) in [4.78, 5) is 45.4. The van der Waals surface area contributed by atoms with Gasteiger partial charge in [-0.3, -0.25) is 14.5 Å². The fourth-order valence-electron chi connectivity index (χ4n) is 2.74. The third kappa shape index (κ3) is 4.07. The highest BCUT2D eigenvalue weighted by Crippen LogP contribution is 2.24. The molecule has 5 nitrogen and oxygen atoms in total. The van der Waals surface area contributed by atoms with Gasteiger partial charge in [0.05, 0.1) is 11.1 Å². The summed E-state index contributed by atoms with van der Waals surface area (Å²) in [6, 6.07) is 7.39. The van der Waals surface area contributed by atoms with Crippen LogP contribution in [0.5, 0.6) is 0 Å². The van der Waals surface area contributed by atoms with E-state index >= 15 is 0 Å². The molecular formula is C17H25NO4Si. The SMILES string of the molecule is CC(C)[Si](O)(O)CCCCCCN1C(=O)c2ccccc2C1=O. The van der Waals surface area contributed by atoms with Gasteiger partial charge in [-0.15, -0.1) is 0 Å². The van der Waals surface area contributed by atoms with E-state index in [1.165, 1.54) is 4.90 Å². The zero-order valence-corrected chi connectivity index (χ0v) is 14.8. The molecule has 2 amide bonds. The maximum Gasteiger partial charge on any atom is 0.335 e. The van der Waals surface area contributed by atoms with Gasteiger partial charge >= 0.3 is 8.56 Å². The Labute approximate surface area is 138 Å². The Hall–Kier alpha value is -1.50. The molecule has 23 heavy (non-hydrogen) atoms. The summed E-state index contributed by atoms with van der Waals surface area (Å²) in [7, 11) is -3.05. The zero-order chi connectivity index (χ0) is 17.0. The fraction of sp³-hybridized carbons (Fsp3) is 0.529. The molecule has 1 aliphatic heterocycles. The summed E-state index contributed by atoms with van der Waals surface area (Å²) < 4.78 is 0. The summed E-state index contributed by atoms with van der Waals surface area (Å²) in [5, 5.41) is 0. The normalized spacial score (nSPS) is 14.7. The Balaban J connectivity index is 1.72. The molecular weight excluding hydrogens is 310 g/mol. The first-order chi connectivity index (χ1) is 10.8. The van der Waals surface area contributed by atoms with Crippen molar-refractivity contribution in [3.63, 3.8) is 0 Å². The van der Waals surface area contributed by atoms with Crippen LogP contribution in [0.1, 0.15) is 60.2 Å². The highest BCUT2D eigenvalue weighted by atomic mass is 28.4. The number of imide groups is 1. The van der Waals surface area contributed by atoms with Crippen LogP contribution in [0.3, 0.4) is 0 Å². The third-order valence-corrected chi connectivity index (χ3v) is 7.42. The molecule has 6 heteroatoms. The van der Waals surface area contributed by atoms with Gasteiger partial charge in [0.25, 0.3) is 11.8 Å². The molecule has 126 valence electrons. The van der Waals surface area contributed by atoms with E-state index in [1.807, 2.05) is 13.8 Å². The molecule has 2 N–H and O–H groups in total. The number of hydrogen-bond acceptors (Lipinski definition) is 4. The number of benzene rings is 1. The lowest BCUT2D eigenvalue weighted by Gasteiger charge is -2.21. The molecule has 1 aromatic rings. The van der Waals surface area contributed by atoms with E-state index in [2.05, 4.69) is 0 Å². The zero-order valence-electron chi connectivity index (χ0n) is 13.8. The average molecular weight is 335 g/mol. The molecule has 0 aromatic heterocycles. The minimum atomic E-state index is -3.05. The Bertz CT molecular complexity index is 551. The second-order valence-electron chi connectivity index (χ2n) is 6.50. The van der Waals surface area contributed by atoms with Crippen molar-refractivity contribution in [1.82, 2.24) is 4.90 Å². The van der Waals surface area contributed by atoms with Gasteiger partial charge < -0.3 is 9.59 Å². The number of rotatable bonds is 8. The maximum absolute atomic E-state index is 12.2. The number of unbranched alkanes of at least 4 members (excludes halogenated alkanes) is 3. The van der Waals surface area contributed by atoms with Gasteiger partial charge in [-0.2, -0.15) is 0 Å². The Morgan fingerprint density at radius 1 is 0.957 bits per heavy atom. The maximum atomic E-state index is 12.2. The highest BCUT2D eigenvalue weighted by Gasteiger charge is 2.34. The van der Waals surface area contributed by atoms with Crippen molar-refractivity contribution in [2.24, 2.45) is 0 Å². The number of hydrogen-bond donors (Lipinski definition) is 2. The van der Waals surface area contributed by atoms with E-state index in [9.17, 15) is 19.2 Å². The Kier molecular flexibility index (Phi) is 5.72. The van der Waals surface area contributed by atoms with Crippen molar-refractivity contribution in [2.45, 2.75) is 51.1 Å². The van der Waals surface area contributed by atoms with Gasteiger partial charge in [-0.25, -0.2) is 0 Å². The predicted octanol–water partition coefficient (Wildman–Crippen LogP) is 2.68. The lowest BCUT2D eigenvalue weighted by atomic mass is 10.1. The Morgan fingerprint density at radius 2 is 1.48 bits per heavy atom. The van der Waals surface area contributed by atoms with Crippen LogP contribution < -0.4 is 0 Å². The van der Waals surface area contributed by atoms with E-state index in [1.54, 1.807) is 24.3 Å².